The van der Waals surface area contributed by atoms with Crippen LogP contribution in [0, 0.1) is 5.41 Å². The molecule has 1 amide bonds. The highest BCUT2D eigenvalue weighted by molar-refractivity contribution is 5.81. The first-order valence-corrected chi connectivity index (χ1v) is 6.68. The first-order valence-electron chi connectivity index (χ1n) is 6.68. The Morgan fingerprint density at radius 1 is 1.50 bits per heavy atom. The molecular formula is C14H19N3O3. The van der Waals surface area contributed by atoms with Crippen LogP contribution in [0.2, 0.25) is 0 Å². The van der Waals surface area contributed by atoms with Gasteiger partial charge in [0.05, 0.1) is 23.7 Å². The van der Waals surface area contributed by atoms with Crippen molar-refractivity contribution < 1.29 is 14.7 Å². The number of carboxylic acids is 1. The van der Waals surface area contributed by atoms with Crippen LogP contribution < -0.4 is 5.73 Å². The van der Waals surface area contributed by atoms with Gasteiger partial charge in [0, 0.05) is 18.8 Å². The number of hydrogen-bond donors (Lipinski definition) is 2. The molecule has 2 heterocycles. The number of rotatable bonds is 4. The molecule has 0 aliphatic carbocycles. The van der Waals surface area contributed by atoms with E-state index in [2.05, 4.69) is 4.98 Å². The number of pyridine rings is 1. The van der Waals surface area contributed by atoms with Gasteiger partial charge in [-0.1, -0.05) is 6.92 Å². The lowest BCUT2D eigenvalue weighted by Gasteiger charge is -2.23. The summed E-state index contributed by atoms with van der Waals surface area (Å²) in [5.41, 5.74) is 5.96. The Bertz CT molecular complexity index is 515. The second-order valence-electron chi connectivity index (χ2n) is 5.26. The van der Waals surface area contributed by atoms with Crippen LogP contribution in [-0.2, 0) is 16.0 Å². The number of aliphatic carboxylic acids is 1. The number of aromatic nitrogens is 1. The van der Waals surface area contributed by atoms with E-state index in [-0.39, 0.29) is 18.9 Å². The van der Waals surface area contributed by atoms with Crippen molar-refractivity contribution >= 4 is 17.6 Å². The van der Waals surface area contributed by atoms with Gasteiger partial charge < -0.3 is 15.7 Å². The molecule has 1 aromatic rings. The van der Waals surface area contributed by atoms with Crippen LogP contribution in [0.4, 0.5) is 5.69 Å². The number of nitrogens with zero attached hydrogens (tertiary/aromatic N) is 2. The molecule has 1 unspecified atom stereocenters. The maximum Gasteiger partial charge on any atom is 0.311 e. The number of amides is 1. The third kappa shape index (κ3) is 2.74. The Morgan fingerprint density at radius 3 is 2.75 bits per heavy atom. The highest BCUT2D eigenvalue weighted by Crippen LogP contribution is 2.34. The number of hydrogen-bond acceptors (Lipinski definition) is 4. The maximum absolute atomic E-state index is 12.2. The summed E-state index contributed by atoms with van der Waals surface area (Å²) in [4.78, 5) is 29.3. The molecule has 2 rings (SSSR count). The third-order valence-corrected chi connectivity index (χ3v) is 4.02. The van der Waals surface area contributed by atoms with Gasteiger partial charge in [0.1, 0.15) is 0 Å². The Kier molecular flexibility index (Phi) is 3.92. The molecule has 1 saturated heterocycles. The molecule has 1 aliphatic rings. The molecule has 20 heavy (non-hydrogen) atoms. The Balaban J connectivity index is 2.01. The average Bonchev–Trinajstić information content (AvgIpc) is 2.87. The van der Waals surface area contributed by atoms with Crippen LogP contribution in [0.3, 0.4) is 0 Å². The molecule has 1 fully saturated rings. The summed E-state index contributed by atoms with van der Waals surface area (Å²) < 4.78 is 0. The van der Waals surface area contributed by atoms with E-state index >= 15 is 0 Å². The number of nitrogen functional groups attached to an aromatic ring is 1. The summed E-state index contributed by atoms with van der Waals surface area (Å²) in [6, 6.07) is 3.42. The maximum atomic E-state index is 12.2. The number of nitrogens with two attached hydrogens (primary N) is 1. The van der Waals surface area contributed by atoms with Crippen molar-refractivity contribution in [2.75, 3.05) is 18.8 Å². The van der Waals surface area contributed by atoms with Gasteiger partial charge in [0.15, 0.2) is 0 Å². The van der Waals surface area contributed by atoms with E-state index in [1.54, 1.807) is 17.0 Å². The van der Waals surface area contributed by atoms with Crippen molar-refractivity contribution in [1.82, 2.24) is 9.88 Å². The smallest absolute Gasteiger partial charge is 0.311 e. The topological polar surface area (TPSA) is 96.5 Å². The number of carboxylic acid groups (broad SMARTS) is 1. The first kappa shape index (κ1) is 14.3. The Hall–Kier alpha value is -2.11. The molecule has 0 aromatic carbocycles. The molecule has 0 spiro atoms. The van der Waals surface area contributed by atoms with E-state index in [9.17, 15) is 14.7 Å². The van der Waals surface area contributed by atoms with Gasteiger partial charge in [-0.25, -0.2) is 0 Å². The number of carbonyl (C=O) groups excluding carboxylic acids is 1. The van der Waals surface area contributed by atoms with E-state index < -0.39 is 11.4 Å². The van der Waals surface area contributed by atoms with Gasteiger partial charge in [0.2, 0.25) is 5.91 Å². The zero-order chi connectivity index (χ0) is 14.8. The first-order chi connectivity index (χ1) is 9.47. The van der Waals surface area contributed by atoms with Gasteiger partial charge in [-0.2, -0.15) is 0 Å². The van der Waals surface area contributed by atoms with Crippen molar-refractivity contribution in [3.63, 3.8) is 0 Å². The Morgan fingerprint density at radius 2 is 2.25 bits per heavy atom. The van der Waals surface area contributed by atoms with Gasteiger partial charge >= 0.3 is 5.97 Å². The van der Waals surface area contributed by atoms with Crippen LogP contribution >= 0.6 is 0 Å². The second kappa shape index (κ2) is 5.48. The van der Waals surface area contributed by atoms with Gasteiger partial charge in [-0.3, -0.25) is 14.6 Å². The Labute approximate surface area is 117 Å². The lowest BCUT2D eigenvalue weighted by atomic mass is 9.84. The molecule has 0 saturated carbocycles. The van der Waals surface area contributed by atoms with E-state index in [0.29, 0.717) is 30.8 Å². The highest BCUT2D eigenvalue weighted by Gasteiger charge is 2.44. The number of carbonyl (C=O) groups is 2. The van der Waals surface area contributed by atoms with Crippen molar-refractivity contribution in [2.24, 2.45) is 5.41 Å². The summed E-state index contributed by atoms with van der Waals surface area (Å²) in [5, 5.41) is 9.32. The summed E-state index contributed by atoms with van der Waals surface area (Å²) >= 11 is 0. The summed E-state index contributed by atoms with van der Waals surface area (Å²) in [6.07, 6.45) is 2.74. The standard InChI is InChI=1S/C14H19N3O3/c1-2-14(13(19)20)5-6-17(9-14)12(18)7-11-4-3-10(15)8-16-11/h3-4,8H,2,5-7,9,15H2,1H3,(H,19,20). The molecule has 0 bridgehead atoms. The van der Waals surface area contributed by atoms with Crippen LogP contribution in [0.5, 0.6) is 0 Å². The zero-order valence-electron chi connectivity index (χ0n) is 11.5. The van der Waals surface area contributed by atoms with Crippen LogP contribution in [-0.4, -0.2) is 40.0 Å². The fourth-order valence-corrected chi connectivity index (χ4v) is 2.51. The van der Waals surface area contributed by atoms with Crippen molar-refractivity contribution in [1.29, 1.82) is 0 Å². The number of anilines is 1. The minimum Gasteiger partial charge on any atom is -0.481 e. The van der Waals surface area contributed by atoms with Crippen LogP contribution in [0.15, 0.2) is 18.3 Å². The molecule has 1 aliphatic heterocycles. The average molecular weight is 277 g/mol. The lowest BCUT2D eigenvalue weighted by Crippen LogP contribution is -2.37. The fraction of sp³-hybridized carbons (Fsp3) is 0.500. The van der Waals surface area contributed by atoms with E-state index in [0.717, 1.165) is 0 Å². The molecule has 6 heteroatoms. The molecular weight excluding hydrogens is 258 g/mol. The predicted molar refractivity (Wildman–Crippen MR) is 73.9 cm³/mol. The van der Waals surface area contributed by atoms with Crippen molar-refractivity contribution in [2.45, 2.75) is 26.2 Å². The van der Waals surface area contributed by atoms with Crippen molar-refractivity contribution in [3.8, 4) is 0 Å². The minimum atomic E-state index is -0.819. The molecule has 108 valence electrons. The molecule has 6 nitrogen and oxygen atoms in total. The monoisotopic (exact) mass is 277 g/mol. The van der Waals surface area contributed by atoms with Gasteiger partial charge in [-0.05, 0) is 25.0 Å². The minimum absolute atomic E-state index is 0.0844. The second-order valence-corrected chi connectivity index (χ2v) is 5.26. The van der Waals surface area contributed by atoms with Gasteiger partial charge in [-0.15, -0.1) is 0 Å². The lowest BCUT2D eigenvalue weighted by molar-refractivity contribution is -0.148. The highest BCUT2D eigenvalue weighted by atomic mass is 16.4. The van der Waals surface area contributed by atoms with E-state index in [4.69, 9.17) is 5.73 Å². The third-order valence-electron chi connectivity index (χ3n) is 4.02. The van der Waals surface area contributed by atoms with E-state index in [1.165, 1.54) is 6.20 Å². The largest absolute Gasteiger partial charge is 0.481 e. The molecule has 0 radical (unpaired) electrons. The quantitative estimate of drug-likeness (QED) is 0.853. The van der Waals surface area contributed by atoms with Gasteiger partial charge in [0.25, 0.3) is 0 Å². The number of likely N-dealkylation sites (tertiary alicyclic amines) is 1. The molecule has 1 atom stereocenters. The molecule has 3 N–H and O–H groups in total. The van der Waals surface area contributed by atoms with Crippen LogP contribution in [0.1, 0.15) is 25.5 Å². The summed E-state index contributed by atoms with van der Waals surface area (Å²) in [5.74, 6) is -0.903. The fourth-order valence-electron chi connectivity index (χ4n) is 2.51. The predicted octanol–water partition coefficient (Wildman–Crippen LogP) is 0.920. The SMILES string of the molecule is CCC1(C(=O)O)CCN(C(=O)Cc2ccc(N)cn2)C1. The van der Waals surface area contributed by atoms with Crippen LogP contribution in [0.25, 0.3) is 0 Å². The van der Waals surface area contributed by atoms with E-state index in [1.807, 2.05) is 6.92 Å². The normalized spacial score (nSPS) is 21.9. The summed E-state index contributed by atoms with van der Waals surface area (Å²) in [7, 11) is 0. The summed E-state index contributed by atoms with van der Waals surface area (Å²) in [6.45, 7) is 2.63. The van der Waals surface area contributed by atoms with Crippen molar-refractivity contribution in [3.05, 3.63) is 24.0 Å². The zero-order valence-corrected chi connectivity index (χ0v) is 11.5. The molecule has 1 aromatic heterocycles.